The van der Waals surface area contributed by atoms with Crippen LogP contribution in [-0.4, -0.2) is 0 Å². The minimum atomic E-state index is 0.480. The maximum atomic E-state index is 6.00. The van der Waals surface area contributed by atoms with E-state index in [-0.39, 0.29) is 0 Å². The van der Waals surface area contributed by atoms with Crippen molar-refractivity contribution in [2.24, 2.45) is 0 Å². The molecule has 17 heavy (non-hydrogen) atoms. The fourth-order valence-corrected chi connectivity index (χ4v) is 1.98. The summed E-state index contributed by atoms with van der Waals surface area (Å²) in [5, 5.41) is 1.04. The third kappa shape index (κ3) is 3.06. The molecule has 0 radical (unpaired) electrons. The van der Waals surface area contributed by atoms with Gasteiger partial charge < -0.3 is 10.5 Å². The molecule has 5 heteroatoms. The first kappa shape index (κ1) is 12.6. The number of anilines is 1. The van der Waals surface area contributed by atoms with Crippen LogP contribution in [0.1, 0.15) is 0 Å². The molecule has 2 nitrogen and oxygen atoms in total. The van der Waals surface area contributed by atoms with Crippen molar-refractivity contribution in [3.05, 3.63) is 50.9 Å². The van der Waals surface area contributed by atoms with Crippen LogP contribution in [0.25, 0.3) is 0 Å². The predicted molar refractivity (Wildman–Crippen MR) is 75.1 cm³/mol. The molecule has 0 spiro atoms. The molecule has 0 saturated heterocycles. The maximum Gasteiger partial charge on any atom is 0.150 e. The minimum Gasteiger partial charge on any atom is -0.454 e. The Morgan fingerprint density at radius 3 is 2.47 bits per heavy atom. The maximum absolute atomic E-state index is 6.00. The van der Waals surface area contributed by atoms with Crippen molar-refractivity contribution < 1.29 is 4.74 Å². The molecule has 2 N–H and O–H groups in total. The fraction of sp³-hybridized carbons (Fsp3) is 0. The summed E-state index contributed by atoms with van der Waals surface area (Å²) in [7, 11) is 0. The molecule has 0 aliphatic rings. The van der Waals surface area contributed by atoms with Crippen molar-refractivity contribution in [3.63, 3.8) is 0 Å². The molecular formula is C12H8BrCl2NO. The zero-order valence-corrected chi connectivity index (χ0v) is 11.7. The smallest absolute Gasteiger partial charge is 0.150 e. The summed E-state index contributed by atoms with van der Waals surface area (Å²) in [5.74, 6) is 1.02. The lowest BCUT2D eigenvalue weighted by Crippen LogP contribution is -1.92. The highest BCUT2D eigenvalue weighted by Crippen LogP contribution is 2.35. The number of benzene rings is 2. The van der Waals surface area contributed by atoms with Gasteiger partial charge in [0.05, 0.1) is 10.7 Å². The first-order valence-electron chi connectivity index (χ1n) is 4.74. The van der Waals surface area contributed by atoms with Gasteiger partial charge in [-0.05, 0) is 30.3 Å². The summed E-state index contributed by atoms with van der Waals surface area (Å²) in [6.45, 7) is 0. The molecule has 0 aliphatic carbocycles. The summed E-state index contributed by atoms with van der Waals surface area (Å²) in [4.78, 5) is 0. The number of nitrogen functional groups attached to an aromatic ring is 1. The van der Waals surface area contributed by atoms with E-state index in [9.17, 15) is 0 Å². The fourth-order valence-electron chi connectivity index (χ4n) is 1.29. The van der Waals surface area contributed by atoms with Crippen molar-refractivity contribution >= 4 is 44.8 Å². The second kappa shape index (κ2) is 5.17. The third-order valence-corrected chi connectivity index (χ3v) is 3.13. The van der Waals surface area contributed by atoms with Crippen LogP contribution in [0.5, 0.6) is 11.5 Å². The number of ether oxygens (including phenoxy) is 1. The molecule has 0 heterocycles. The van der Waals surface area contributed by atoms with Crippen LogP contribution in [0.3, 0.4) is 0 Å². The average molecular weight is 333 g/mol. The molecule has 88 valence electrons. The van der Waals surface area contributed by atoms with E-state index in [4.69, 9.17) is 33.7 Å². The molecular weight excluding hydrogens is 325 g/mol. The Morgan fingerprint density at radius 1 is 1.00 bits per heavy atom. The van der Waals surface area contributed by atoms with E-state index in [0.29, 0.717) is 27.2 Å². The van der Waals surface area contributed by atoms with Gasteiger partial charge >= 0.3 is 0 Å². The van der Waals surface area contributed by atoms with E-state index in [1.807, 2.05) is 6.07 Å². The molecule has 0 aromatic heterocycles. The lowest BCUT2D eigenvalue weighted by molar-refractivity contribution is 0.485. The molecule has 0 saturated carbocycles. The Morgan fingerprint density at radius 2 is 1.76 bits per heavy atom. The number of nitrogens with two attached hydrogens (primary N) is 1. The standard InChI is InChI=1S/C12H8BrCl2NO/c13-7-1-4-11(10(16)5-7)17-12-6-8(14)2-3-9(12)15/h1-6H,16H2. The van der Waals surface area contributed by atoms with Crippen molar-refractivity contribution in [1.82, 2.24) is 0 Å². The van der Waals surface area contributed by atoms with Crippen LogP contribution >= 0.6 is 39.1 Å². The van der Waals surface area contributed by atoms with E-state index < -0.39 is 0 Å². The molecule has 0 fully saturated rings. The van der Waals surface area contributed by atoms with Crippen LogP contribution < -0.4 is 10.5 Å². The van der Waals surface area contributed by atoms with Gasteiger partial charge in [0.2, 0.25) is 0 Å². The van der Waals surface area contributed by atoms with Crippen molar-refractivity contribution in [1.29, 1.82) is 0 Å². The predicted octanol–water partition coefficient (Wildman–Crippen LogP) is 5.13. The molecule has 0 amide bonds. The van der Waals surface area contributed by atoms with Gasteiger partial charge in [-0.1, -0.05) is 39.1 Å². The monoisotopic (exact) mass is 331 g/mol. The number of rotatable bonds is 2. The van der Waals surface area contributed by atoms with E-state index in [1.54, 1.807) is 30.3 Å². The Balaban J connectivity index is 2.34. The first-order valence-corrected chi connectivity index (χ1v) is 6.29. The Hall–Kier alpha value is -0.900. The van der Waals surface area contributed by atoms with Crippen LogP contribution in [-0.2, 0) is 0 Å². The highest BCUT2D eigenvalue weighted by molar-refractivity contribution is 9.10. The topological polar surface area (TPSA) is 35.2 Å². The molecule has 2 aromatic carbocycles. The summed E-state index contributed by atoms with van der Waals surface area (Å²) < 4.78 is 6.50. The SMILES string of the molecule is Nc1cc(Br)ccc1Oc1cc(Cl)ccc1Cl. The van der Waals surface area contributed by atoms with Gasteiger partial charge in [0.15, 0.2) is 0 Å². The Bertz CT molecular complexity index is 560. The van der Waals surface area contributed by atoms with Gasteiger partial charge in [0.25, 0.3) is 0 Å². The lowest BCUT2D eigenvalue weighted by atomic mass is 10.3. The van der Waals surface area contributed by atoms with E-state index >= 15 is 0 Å². The van der Waals surface area contributed by atoms with Crippen LogP contribution in [0.4, 0.5) is 5.69 Å². The molecule has 0 bridgehead atoms. The highest BCUT2D eigenvalue weighted by atomic mass is 79.9. The molecule has 0 atom stereocenters. The van der Waals surface area contributed by atoms with E-state index in [1.165, 1.54) is 0 Å². The molecule has 2 aromatic rings. The highest BCUT2D eigenvalue weighted by Gasteiger charge is 2.07. The largest absolute Gasteiger partial charge is 0.454 e. The van der Waals surface area contributed by atoms with Gasteiger partial charge in [-0.2, -0.15) is 0 Å². The first-order chi connectivity index (χ1) is 8.06. The second-order valence-electron chi connectivity index (χ2n) is 3.36. The quantitative estimate of drug-likeness (QED) is 0.773. The van der Waals surface area contributed by atoms with Gasteiger partial charge in [-0.15, -0.1) is 0 Å². The van der Waals surface area contributed by atoms with E-state index in [2.05, 4.69) is 15.9 Å². The summed E-state index contributed by atoms with van der Waals surface area (Å²) in [5.41, 5.74) is 6.35. The van der Waals surface area contributed by atoms with Gasteiger partial charge in [0, 0.05) is 15.6 Å². The van der Waals surface area contributed by atoms with Crippen molar-refractivity contribution in [2.45, 2.75) is 0 Å². The lowest BCUT2D eigenvalue weighted by Gasteiger charge is -2.10. The number of halogens is 3. The van der Waals surface area contributed by atoms with Crippen LogP contribution in [0, 0.1) is 0 Å². The Kier molecular flexibility index (Phi) is 3.82. The number of hydrogen-bond donors (Lipinski definition) is 1. The second-order valence-corrected chi connectivity index (χ2v) is 5.12. The van der Waals surface area contributed by atoms with Crippen molar-refractivity contribution in [3.8, 4) is 11.5 Å². The van der Waals surface area contributed by atoms with Gasteiger partial charge in [-0.3, -0.25) is 0 Å². The minimum absolute atomic E-state index is 0.480. The zero-order valence-electron chi connectivity index (χ0n) is 8.58. The zero-order chi connectivity index (χ0) is 12.4. The third-order valence-electron chi connectivity index (χ3n) is 2.08. The van der Waals surface area contributed by atoms with E-state index in [0.717, 1.165) is 4.47 Å². The summed E-state index contributed by atoms with van der Waals surface area (Å²) in [6, 6.07) is 10.4. The summed E-state index contributed by atoms with van der Waals surface area (Å²) >= 11 is 15.2. The molecule has 0 aliphatic heterocycles. The normalized spacial score (nSPS) is 10.3. The molecule has 2 rings (SSSR count). The Labute approximate surface area is 117 Å². The molecule has 0 unspecified atom stereocenters. The summed E-state index contributed by atoms with van der Waals surface area (Å²) in [6.07, 6.45) is 0. The number of hydrogen-bond acceptors (Lipinski definition) is 2. The van der Waals surface area contributed by atoms with Crippen molar-refractivity contribution in [2.75, 3.05) is 5.73 Å². The van der Waals surface area contributed by atoms with Crippen LogP contribution in [0.15, 0.2) is 40.9 Å². The van der Waals surface area contributed by atoms with Crippen LogP contribution in [0.2, 0.25) is 10.0 Å². The average Bonchev–Trinajstić information content (AvgIpc) is 2.27. The van der Waals surface area contributed by atoms with Gasteiger partial charge in [-0.25, -0.2) is 0 Å². The van der Waals surface area contributed by atoms with Gasteiger partial charge in [0.1, 0.15) is 11.5 Å².